The summed E-state index contributed by atoms with van der Waals surface area (Å²) >= 11 is 0. The molecule has 0 spiro atoms. The molecule has 0 aliphatic rings. The second kappa shape index (κ2) is 26.8. The number of amides is 4. The van der Waals surface area contributed by atoms with Crippen LogP contribution in [-0.4, -0.2) is 114 Å². The normalized spacial score (nSPS) is 11.8. The highest BCUT2D eigenvalue weighted by molar-refractivity contribution is 5.91. The molecule has 286 valence electrons. The number of carbonyl (C=O) groups excluding carboxylic acids is 6. The van der Waals surface area contributed by atoms with Crippen LogP contribution in [0, 0.1) is 0 Å². The maximum absolute atomic E-state index is 12.5. The number of hydrogen-bond acceptors (Lipinski definition) is 12. The number of rotatable bonds is 27. The molecule has 0 heterocycles. The summed E-state index contributed by atoms with van der Waals surface area (Å²) in [6, 6.07) is 16.0. The highest BCUT2D eigenvalue weighted by Crippen LogP contribution is 2.03. The van der Waals surface area contributed by atoms with E-state index in [1.165, 1.54) is 13.8 Å². The number of ether oxygens (including phenoxy) is 6. The van der Waals surface area contributed by atoms with Gasteiger partial charge in [-0.3, -0.25) is 19.2 Å². The Balaban J connectivity index is 1.44. The summed E-state index contributed by atoms with van der Waals surface area (Å²) in [5.74, 6) is -1.58. The molecule has 4 amide bonds. The minimum atomic E-state index is -1.07. The molecule has 0 aliphatic carbocycles. The van der Waals surface area contributed by atoms with E-state index < -0.39 is 36.1 Å². The van der Waals surface area contributed by atoms with Crippen LogP contribution in [0.25, 0.3) is 0 Å². The molecular formula is C36H50N4O12. The monoisotopic (exact) mass is 730 g/mol. The van der Waals surface area contributed by atoms with Gasteiger partial charge in [0.1, 0.15) is 36.9 Å². The number of nitrogens with one attached hydrogen (secondary N) is 4. The SMILES string of the molecule is CC(=O)C[C@H](NC(=O)OCc1ccccc1)C(=O)NCCOCCOCCOCCOCCNC(=O)[C@H](CC(C)=O)NC(=O)OCc1ccccc1. The first-order chi connectivity index (χ1) is 25.1. The van der Waals surface area contributed by atoms with Crippen molar-refractivity contribution >= 4 is 35.6 Å². The Morgan fingerprint density at radius 2 is 0.827 bits per heavy atom. The van der Waals surface area contributed by atoms with Gasteiger partial charge >= 0.3 is 12.2 Å². The zero-order chi connectivity index (χ0) is 37.8. The average molecular weight is 731 g/mol. The van der Waals surface area contributed by atoms with Crippen molar-refractivity contribution in [3.05, 3.63) is 71.8 Å². The van der Waals surface area contributed by atoms with Crippen LogP contribution in [0.15, 0.2) is 60.7 Å². The maximum atomic E-state index is 12.5. The number of benzene rings is 2. The molecule has 2 aromatic rings. The van der Waals surface area contributed by atoms with E-state index in [0.717, 1.165) is 11.1 Å². The number of hydrogen-bond donors (Lipinski definition) is 4. The molecular weight excluding hydrogens is 680 g/mol. The van der Waals surface area contributed by atoms with Gasteiger partial charge in [-0.15, -0.1) is 0 Å². The van der Waals surface area contributed by atoms with Crippen LogP contribution in [0.1, 0.15) is 37.8 Å². The van der Waals surface area contributed by atoms with E-state index in [4.69, 9.17) is 28.4 Å². The van der Waals surface area contributed by atoms with Gasteiger partial charge in [-0.05, 0) is 25.0 Å². The molecule has 0 radical (unpaired) electrons. The fourth-order valence-electron chi connectivity index (χ4n) is 4.31. The van der Waals surface area contributed by atoms with Gasteiger partial charge in [0.15, 0.2) is 0 Å². The predicted octanol–water partition coefficient (Wildman–Crippen LogP) is 1.83. The minimum absolute atomic E-state index is 0.0319. The Morgan fingerprint density at radius 1 is 0.500 bits per heavy atom. The van der Waals surface area contributed by atoms with Crippen molar-refractivity contribution in [3.63, 3.8) is 0 Å². The lowest BCUT2D eigenvalue weighted by Gasteiger charge is -2.17. The van der Waals surface area contributed by atoms with Crippen LogP contribution in [-0.2, 0) is 60.8 Å². The maximum Gasteiger partial charge on any atom is 0.408 e. The molecule has 0 unspecified atom stereocenters. The molecule has 2 rings (SSSR count). The lowest BCUT2D eigenvalue weighted by molar-refractivity contribution is -0.127. The Labute approximate surface area is 303 Å². The van der Waals surface area contributed by atoms with Crippen molar-refractivity contribution in [2.24, 2.45) is 0 Å². The molecule has 2 atom stereocenters. The lowest BCUT2D eigenvalue weighted by Crippen LogP contribution is -2.48. The first kappa shape index (κ1) is 43.3. The highest BCUT2D eigenvalue weighted by Gasteiger charge is 2.24. The van der Waals surface area contributed by atoms with Crippen LogP contribution in [0.3, 0.4) is 0 Å². The average Bonchev–Trinajstić information content (AvgIpc) is 3.12. The van der Waals surface area contributed by atoms with Gasteiger partial charge in [0.25, 0.3) is 0 Å². The van der Waals surface area contributed by atoms with Crippen molar-refractivity contribution in [1.29, 1.82) is 0 Å². The Hall–Kier alpha value is -4.90. The van der Waals surface area contributed by atoms with Crippen molar-refractivity contribution in [2.75, 3.05) is 65.9 Å². The van der Waals surface area contributed by atoms with Crippen LogP contribution < -0.4 is 21.3 Å². The van der Waals surface area contributed by atoms with E-state index in [0.29, 0.717) is 26.4 Å². The van der Waals surface area contributed by atoms with Crippen molar-refractivity contribution in [1.82, 2.24) is 21.3 Å². The molecule has 0 saturated carbocycles. The van der Waals surface area contributed by atoms with Gasteiger partial charge in [-0.25, -0.2) is 9.59 Å². The summed E-state index contributed by atoms with van der Waals surface area (Å²) in [6.07, 6.45) is -1.95. The molecule has 52 heavy (non-hydrogen) atoms. The summed E-state index contributed by atoms with van der Waals surface area (Å²) in [5.41, 5.74) is 1.58. The molecule has 0 fully saturated rings. The number of ketones is 2. The Morgan fingerprint density at radius 3 is 1.15 bits per heavy atom. The van der Waals surface area contributed by atoms with E-state index in [1.807, 2.05) is 36.4 Å². The first-order valence-corrected chi connectivity index (χ1v) is 16.9. The zero-order valence-electron chi connectivity index (χ0n) is 29.7. The van der Waals surface area contributed by atoms with Gasteiger partial charge in [-0.2, -0.15) is 0 Å². The van der Waals surface area contributed by atoms with Crippen LogP contribution in [0.4, 0.5) is 9.59 Å². The van der Waals surface area contributed by atoms with Crippen LogP contribution in [0.5, 0.6) is 0 Å². The second-order valence-electron chi connectivity index (χ2n) is 11.4. The van der Waals surface area contributed by atoms with Crippen LogP contribution >= 0.6 is 0 Å². The fourth-order valence-corrected chi connectivity index (χ4v) is 4.31. The lowest BCUT2D eigenvalue weighted by atomic mass is 10.1. The predicted molar refractivity (Wildman–Crippen MR) is 187 cm³/mol. The van der Waals surface area contributed by atoms with Crippen LogP contribution in [0.2, 0.25) is 0 Å². The van der Waals surface area contributed by atoms with Crippen molar-refractivity contribution in [2.45, 2.75) is 52.0 Å². The van der Waals surface area contributed by atoms with Gasteiger partial charge in [0, 0.05) is 25.9 Å². The van der Waals surface area contributed by atoms with E-state index >= 15 is 0 Å². The highest BCUT2D eigenvalue weighted by atomic mass is 16.6. The summed E-state index contributed by atoms with van der Waals surface area (Å²) in [7, 11) is 0. The number of alkyl carbamates (subject to hydrolysis) is 2. The molecule has 0 aliphatic heterocycles. The van der Waals surface area contributed by atoms with E-state index in [2.05, 4.69) is 21.3 Å². The molecule has 0 saturated heterocycles. The van der Waals surface area contributed by atoms with Gasteiger partial charge in [0.05, 0.1) is 52.9 Å². The smallest absolute Gasteiger partial charge is 0.408 e. The molecule has 0 bridgehead atoms. The molecule has 16 heteroatoms. The third-order valence-electron chi connectivity index (χ3n) is 6.83. The molecule has 4 N–H and O–H groups in total. The topological polar surface area (TPSA) is 206 Å². The zero-order valence-corrected chi connectivity index (χ0v) is 29.7. The third-order valence-corrected chi connectivity index (χ3v) is 6.83. The quantitative estimate of drug-likeness (QED) is 0.0973. The fraction of sp³-hybridized carbons (Fsp3) is 0.500. The third kappa shape index (κ3) is 21.3. The van der Waals surface area contributed by atoms with Gasteiger partial charge in [0.2, 0.25) is 11.8 Å². The molecule has 0 aromatic heterocycles. The van der Waals surface area contributed by atoms with Crippen molar-refractivity contribution < 1.29 is 57.2 Å². The summed E-state index contributed by atoms with van der Waals surface area (Å²) in [6.45, 7) is 5.28. The van der Waals surface area contributed by atoms with E-state index in [9.17, 15) is 28.8 Å². The Bertz CT molecular complexity index is 1260. The first-order valence-electron chi connectivity index (χ1n) is 16.9. The minimum Gasteiger partial charge on any atom is -0.445 e. The van der Waals surface area contributed by atoms with Crippen molar-refractivity contribution in [3.8, 4) is 0 Å². The molecule has 16 nitrogen and oxygen atoms in total. The van der Waals surface area contributed by atoms with Gasteiger partial charge < -0.3 is 49.7 Å². The van der Waals surface area contributed by atoms with Gasteiger partial charge in [-0.1, -0.05) is 60.7 Å². The molecule has 2 aromatic carbocycles. The number of Topliss-reactive ketones (excluding diaryl/α,β-unsaturated/α-hetero) is 2. The summed E-state index contributed by atoms with van der Waals surface area (Å²) in [5, 5.41) is 10.1. The Kier molecular flexibility index (Phi) is 22.3. The number of carbonyl (C=O) groups is 6. The summed E-state index contributed by atoms with van der Waals surface area (Å²) in [4.78, 5) is 72.5. The van der Waals surface area contributed by atoms with E-state index in [1.54, 1.807) is 24.3 Å². The van der Waals surface area contributed by atoms with E-state index in [-0.39, 0.29) is 77.1 Å². The largest absolute Gasteiger partial charge is 0.445 e. The second-order valence-corrected chi connectivity index (χ2v) is 11.4. The summed E-state index contributed by atoms with van der Waals surface area (Å²) < 4.78 is 32.0. The standard InChI is InChI=1S/C36H50N4O12/c1-27(41)23-31(39-35(45)51-25-29-9-5-3-6-10-29)33(43)37-13-15-47-17-19-49-21-22-50-20-18-48-16-14-38-34(44)32(24-28(2)42)40-36(46)52-26-30-11-7-4-8-12-30/h3-12,31-32H,13-26H2,1-2H3,(H,37,43)(H,38,44)(H,39,45)(H,40,46)/t31-,32-/m0/s1.